The molecule has 0 saturated carbocycles. The van der Waals surface area contributed by atoms with Gasteiger partial charge in [0, 0.05) is 12.5 Å². The van der Waals surface area contributed by atoms with E-state index in [-0.39, 0.29) is 0 Å². The lowest BCUT2D eigenvalue weighted by atomic mass is 10.0. The molecule has 2 nitrogen and oxygen atoms in total. The number of aliphatic imine (C=N–C) groups is 1. The van der Waals surface area contributed by atoms with E-state index in [1.54, 1.807) is 0 Å². The Balaban J connectivity index is 4.05. The van der Waals surface area contributed by atoms with Crippen LogP contribution in [-0.2, 0) is 0 Å². The van der Waals surface area contributed by atoms with E-state index in [9.17, 15) is 0 Å². The molecule has 0 aliphatic carbocycles. The molecule has 0 amide bonds. The highest BCUT2D eigenvalue weighted by Crippen LogP contribution is 2.06. The molecule has 11 heavy (non-hydrogen) atoms. The van der Waals surface area contributed by atoms with Gasteiger partial charge in [-0.25, -0.2) is 0 Å². The molecule has 0 aromatic heterocycles. The topological polar surface area (TPSA) is 36.1 Å². The minimum atomic E-state index is 0.338. The average molecular weight is 152 g/mol. The fourth-order valence-electron chi connectivity index (χ4n) is 1.04. The zero-order chi connectivity index (χ0) is 8.69. The summed E-state index contributed by atoms with van der Waals surface area (Å²) < 4.78 is 0. The lowest BCUT2D eigenvalue weighted by molar-refractivity contribution is 0.667. The van der Waals surface area contributed by atoms with Crippen molar-refractivity contribution < 1.29 is 0 Å². The third-order valence-electron chi connectivity index (χ3n) is 1.63. The molecule has 0 rings (SSSR count). The summed E-state index contributed by atoms with van der Waals surface area (Å²) in [4.78, 5) is 4.12. The number of nitriles is 1. The van der Waals surface area contributed by atoms with E-state index < -0.39 is 0 Å². The maximum atomic E-state index is 8.67. The van der Waals surface area contributed by atoms with E-state index >= 15 is 0 Å². The first-order valence-electron chi connectivity index (χ1n) is 4.20. The van der Waals surface area contributed by atoms with Crippen LogP contribution >= 0.6 is 0 Å². The SMILES string of the molecule is CCCC(C)/C(C#N)=N\CC. The normalized spacial score (nSPS) is 14.2. The van der Waals surface area contributed by atoms with Gasteiger partial charge in [-0.15, -0.1) is 0 Å². The average Bonchev–Trinajstić information content (AvgIpc) is 2.00. The minimum absolute atomic E-state index is 0.338. The third-order valence-corrected chi connectivity index (χ3v) is 1.63. The van der Waals surface area contributed by atoms with Crippen molar-refractivity contribution in [3.8, 4) is 6.07 Å². The van der Waals surface area contributed by atoms with E-state index in [2.05, 4.69) is 24.9 Å². The van der Waals surface area contributed by atoms with Crippen LogP contribution in [-0.4, -0.2) is 12.3 Å². The van der Waals surface area contributed by atoms with Crippen LogP contribution in [0.1, 0.15) is 33.6 Å². The fourth-order valence-corrected chi connectivity index (χ4v) is 1.04. The van der Waals surface area contributed by atoms with Crippen LogP contribution in [0.3, 0.4) is 0 Å². The second kappa shape index (κ2) is 5.91. The van der Waals surface area contributed by atoms with Gasteiger partial charge in [0.2, 0.25) is 0 Å². The van der Waals surface area contributed by atoms with Crippen LogP contribution in [0.25, 0.3) is 0 Å². The summed E-state index contributed by atoms with van der Waals surface area (Å²) in [5.41, 5.74) is 0.703. The highest BCUT2D eigenvalue weighted by molar-refractivity contribution is 5.99. The Labute approximate surface area is 68.9 Å². The third kappa shape index (κ3) is 3.77. The van der Waals surface area contributed by atoms with Gasteiger partial charge < -0.3 is 0 Å². The first-order valence-corrected chi connectivity index (χ1v) is 4.20. The first-order chi connectivity index (χ1) is 5.26. The Kier molecular flexibility index (Phi) is 5.46. The van der Waals surface area contributed by atoms with Crippen LogP contribution in [0.2, 0.25) is 0 Å². The maximum absolute atomic E-state index is 8.67. The molecule has 1 atom stereocenters. The quantitative estimate of drug-likeness (QED) is 0.570. The molecule has 0 radical (unpaired) electrons. The molecule has 0 bridgehead atoms. The predicted octanol–water partition coefficient (Wildman–Crippen LogP) is 2.41. The number of rotatable bonds is 4. The zero-order valence-electron chi connectivity index (χ0n) is 7.59. The summed E-state index contributed by atoms with van der Waals surface area (Å²) >= 11 is 0. The minimum Gasteiger partial charge on any atom is -0.279 e. The number of hydrogen-bond donors (Lipinski definition) is 0. The van der Waals surface area contributed by atoms with Gasteiger partial charge in [-0.1, -0.05) is 20.3 Å². The van der Waals surface area contributed by atoms with E-state index in [0.717, 1.165) is 19.4 Å². The molecule has 0 aromatic rings. The Morgan fingerprint density at radius 3 is 2.55 bits per heavy atom. The standard InChI is InChI=1S/C9H16N2/c1-4-6-8(3)9(7-10)11-5-2/h8H,4-6H2,1-3H3/b11-9-. The summed E-state index contributed by atoms with van der Waals surface area (Å²) in [7, 11) is 0. The largest absolute Gasteiger partial charge is 0.279 e. The van der Waals surface area contributed by atoms with Gasteiger partial charge in [0.05, 0.1) is 0 Å². The Morgan fingerprint density at radius 2 is 2.18 bits per heavy atom. The molecule has 0 aromatic carbocycles. The lowest BCUT2D eigenvalue weighted by Gasteiger charge is -2.05. The van der Waals surface area contributed by atoms with Crippen LogP contribution in [0.5, 0.6) is 0 Å². The Morgan fingerprint density at radius 1 is 1.55 bits per heavy atom. The molecule has 0 spiro atoms. The molecule has 0 heterocycles. The molecule has 62 valence electrons. The van der Waals surface area contributed by atoms with Crippen molar-refractivity contribution in [2.45, 2.75) is 33.6 Å². The summed E-state index contributed by atoms with van der Waals surface area (Å²) in [5, 5.41) is 8.67. The van der Waals surface area contributed by atoms with Crippen molar-refractivity contribution in [2.75, 3.05) is 6.54 Å². The zero-order valence-corrected chi connectivity index (χ0v) is 7.59. The van der Waals surface area contributed by atoms with E-state index in [1.165, 1.54) is 0 Å². The maximum Gasteiger partial charge on any atom is 0.115 e. The predicted molar refractivity (Wildman–Crippen MR) is 47.7 cm³/mol. The molecular weight excluding hydrogens is 136 g/mol. The van der Waals surface area contributed by atoms with Crippen molar-refractivity contribution in [3.05, 3.63) is 0 Å². The summed E-state index contributed by atoms with van der Waals surface area (Å²) in [5.74, 6) is 0.338. The second-order valence-corrected chi connectivity index (χ2v) is 2.66. The molecule has 0 aliphatic rings. The van der Waals surface area contributed by atoms with Gasteiger partial charge >= 0.3 is 0 Å². The van der Waals surface area contributed by atoms with Gasteiger partial charge in [-0.2, -0.15) is 5.26 Å². The smallest absolute Gasteiger partial charge is 0.115 e. The summed E-state index contributed by atoms with van der Waals surface area (Å²) in [6.07, 6.45) is 2.18. The van der Waals surface area contributed by atoms with Crippen LogP contribution in [0.15, 0.2) is 4.99 Å². The van der Waals surface area contributed by atoms with Gasteiger partial charge in [-0.3, -0.25) is 4.99 Å². The van der Waals surface area contributed by atoms with Crippen molar-refractivity contribution in [3.63, 3.8) is 0 Å². The first kappa shape index (κ1) is 10.2. The second-order valence-electron chi connectivity index (χ2n) is 2.66. The van der Waals surface area contributed by atoms with Crippen LogP contribution in [0.4, 0.5) is 0 Å². The van der Waals surface area contributed by atoms with E-state index in [4.69, 9.17) is 5.26 Å². The van der Waals surface area contributed by atoms with Crippen molar-refractivity contribution in [1.82, 2.24) is 0 Å². The Hall–Kier alpha value is -0.840. The lowest BCUT2D eigenvalue weighted by Crippen LogP contribution is -2.08. The molecule has 1 unspecified atom stereocenters. The van der Waals surface area contributed by atoms with Gasteiger partial charge in [0.1, 0.15) is 11.8 Å². The van der Waals surface area contributed by atoms with E-state index in [0.29, 0.717) is 11.6 Å². The van der Waals surface area contributed by atoms with Crippen molar-refractivity contribution in [2.24, 2.45) is 10.9 Å². The number of hydrogen-bond acceptors (Lipinski definition) is 2. The Bertz CT molecular complexity index is 165. The molecule has 0 aliphatic heterocycles. The van der Waals surface area contributed by atoms with E-state index in [1.807, 2.05) is 6.92 Å². The van der Waals surface area contributed by atoms with Gasteiger partial charge in [0.25, 0.3) is 0 Å². The van der Waals surface area contributed by atoms with Crippen LogP contribution < -0.4 is 0 Å². The molecule has 2 heteroatoms. The number of nitrogens with zero attached hydrogens (tertiary/aromatic N) is 2. The monoisotopic (exact) mass is 152 g/mol. The van der Waals surface area contributed by atoms with Gasteiger partial charge in [-0.05, 0) is 13.3 Å². The van der Waals surface area contributed by atoms with Crippen molar-refractivity contribution >= 4 is 5.71 Å². The van der Waals surface area contributed by atoms with Crippen LogP contribution in [0, 0.1) is 17.2 Å². The molecular formula is C9H16N2. The molecule has 0 fully saturated rings. The van der Waals surface area contributed by atoms with Crippen molar-refractivity contribution in [1.29, 1.82) is 5.26 Å². The van der Waals surface area contributed by atoms with Gasteiger partial charge in [0.15, 0.2) is 0 Å². The molecule has 0 saturated heterocycles. The molecule has 0 N–H and O–H groups in total. The highest BCUT2D eigenvalue weighted by atomic mass is 14.7. The fraction of sp³-hybridized carbons (Fsp3) is 0.778. The highest BCUT2D eigenvalue weighted by Gasteiger charge is 2.07. The summed E-state index contributed by atoms with van der Waals surface area (Å²) in [6.45, 7) is 6.85. The summed E-state index contributed by atoms with van der Waals surface area (Å²) in [6, 6.07) is 2.14.